The summed E-state index contributed by atoms with van der Waals surface area (Å²) in [4.78, 5) is 25.4. The van der Waals surface area contributed by atoms with Gasteiger partial charge in [-0.2, -0.15) is 0 Å². The van der Waals surface area contributed by atoms with E-state index in [9.17, 15) is 14.9 Å². The van der Waals surface area contributed by atoms with E-state index in [0.29, 0.717) is 22.7 Å². The normalized spacial score (nSPS) is 15.5. The molecule has 0 spiro atoms. The Morgan fingerprint density at radius 2 is 1.96 bits per heavy atom. The van der Waals surface area contributed by atoms with Crippen LogP contribution in [0, 0.1) is 17.0 Å². The molecule has 1 atom stereocenters. The highest BCUT2D eigenvalue weighted by atomic mass is 35.5. The number of aryl methyl sites for hydroxylation is 1. The SMILES string of the molecule is Cc1cc(C(=O)NC[C@H](c2ccccc2Cl)N2CCCC2)ccc1[N+](=O)[O-]. The Kier molecular flexibility index (Phi) is 6.08. The maximum atomic E-state index is 12.6. The van der Waals surface area contributed by atoms with Crippen LogP contribution in [0.25, 0.3) is 0 Å². The first-order valence-corrected chi connectivity index (χ1v) is 9.37. The van der Waals surface area contributed by atoms with Gasteiger partial charge in [0.1, 0.15) is 0 Å². The van der Waals surface area contributed by atoms with E-state index in [-0.39, 0.29) is 17.6 Å². The molecule has 1 heterocycles. The number of amides is 1. The number of benzene rings is 2. The Balaban J connectivity index is 1.75. The van der Waals surface area contributed by atoms with E-state index < -0.39 is 4.92 Å². The molecule has 3 rings (SSSR count). The summed E-state index contributed by atoms with van der Waals surface area (Å²) >= 11 is 6.39. The molecule has 1 amide bonds. The number of carbonyl (C=O) groups is 1. The molecule has 1 aliphatic heterocycles. The van der Waals surface area contributed by atoms with Gasteiger partial charge < -0.3 is 5.32 Å². The summed E-state index contributed by atoms with van der Waals surface area (Å²) in [5.74, 6) is -0.246. The number of nitro benzene ring substituents is 1. The standard InChI is InChI=1S/C20H22ClN3O3/c1-14-12-15(8-9-18(14)24(26)27)20(25)22-13-19(23-10-4-5-11-23)16-6-2-3-7-17(16)21/h2-3,6-9,12,19H,4-5,10-11,13H2,1H3,(H,22,25)/t19-/m1/s1. The van der Waals surface area contributed by atoms with Gasteiger partial charge in [0, 0.05) is 28.8 Å². The summed E-state index contributed by atoms with van der Waals surface area (Å²) in [6, 6.07) is 12.1. The highest BCUT2D eigenvalue weighted by Gasteiger charge is 2.25. The summed E-state index contributed by atoms with van der Waals surface area (Å²) in [5.41, 5.74) is 1.89. The molecule has 7 heteroatoms. The second-order valence-corrected chi connectivity index (χ2v) is 7.16. The lowest BCUT2D eigenvalue weighted by atomic mass is 10.0. The molecule has 0 unspecified atom stereocenters. The van der Waals surface area contributed by atoms with Gasteiger partial charge >= 0.3 is 0 Å². The van der Waals surface area contributed by atoms with E-state index in [2.05, 4.69) is 10.2 Å². The molecule has 0 saturated carbocycles. The van der Waals surface area contributed by atoms with Gasteiger partial charge in [-0.15, -0.1) is 0 Å². The van der Waals surface area contributed by atoms with Gasteiger partial charge in [0.15, 0.2) is 0 Å². The summed E-state index contributed by atoms with van der Waals surface area (Å²) < 4.78 is 0. The minimum atomic E-state index is -0.447. The van der Waals surface area contributed by atoms with Gasteiger partial charge in [-0.25, -0.2) is 0 Å². The lowest BCUT2D eigenvalue weighted by molar-refractivity contribution is -0.385. The number of rotatable bonds is 6. The van der Waals surface area contributed by atoms with E-state index >= 15 is 0 Å². The van der Waals surface area contributed by atoms with Gasteiger partial charge in [-0.05, 0) is 56.6 Å². The molecule has 27 heavy (non-hydrogen) atoms. The minimum Gasteiger partial charge on any atom is -0.350 e. The van der Waals surface area contributed by atoms with E-state index in [4.69, 9.17) is 11.6 Å². The molecule has 1 aliphatic rings. The molecule has 1 N–H and O–H groups in total. The van der Waals surface area contributed by atoms with Crippen LogP contribution in [-0.4, -0.2) is 35.4 Å². The number of halogens is 1. The fourth-order valence-electron chi connectivity index (χ4n) is 3.53. The summed E-state index contributed by atoms with van der Waals surface area (Å²) in [5, 5.41) is 14.6. The Hall–Kier alpha value is -2.44. The highest BCUT2D eigenvalue weighted by Crippen LogP contribution is 2.29. The number of nitrogens with one attached hydrogen (secondary N) is 1. The Labute approximate surface area is 163 Å². The third-order valence-electron chi connectivity index (χ3n) is 4.96. The van der Waals surface area contributed by atoms with Crippen molar-refractivity contribution in [2.24, 2.45) is 0 Å². The number of hydrogen-bond donors (Lipinski definition) is 1. The van der Waals surface area contributed by atoms with Crippen LogP contribution in [0.5, 0.6) is 0 Å². The molecule has 0 aliphatic carbocycles. The zero-order valence-corrected chi connectivity index (χ0v) is 15.9. The first-order chi connectivity index (χ1) is 13.0. The third-order valence-corrected chi connectivity index (χ3v) is 5.30. The third kappa shape index (κ3) is 4.46. The molecule has 142 valence electrons. The maximum Gasteiger partial charge on any atom is 0.272 e. The lowest BCUT2D eigenvalue weighted by Crippen LogP contribution is -2.37. The molecular weight excluding hydrogens is 366 g/mol. The van der Waals surface area contributed by atoms with E-state index in [1.54, 1.807) is 13.0 Å². The van der Waals surface area contributed by atoms with Gasteiger partial charge in [0.2, 0.25) is 0 Å². The average Bonchev–Trinajstić information content (AvgIpc) is 3.17. The Morgan fingerprint density at radius 1 is 1.26 bits per heavy atom. The van der Waals surface area contributed by atoms with Crippen molar-refractivity contribution < 1.29 is 9.72 Å². The van der Waals surface area contributed by atoms with Gasteiger partial charge in [0.05, 0.1) is 11.0 Å². The number of carbonyl (C=O) groups excluding carboxylic acids is 1. The van der Waals surface area contributed by atoms with Crippen molar-refractivity contribution in [1.29, 1.82) is 0 Å². The number of nitrogens with zero attached hydrogens (tertiary/aromatic N) is 2. The summed E-state index contributed by atoms with van der Waals surface area (Å²) in [7, 11) is 0. The van der Waals surface area contributed by atoms with Crippen molar-refractivity contribution in [2.75, 3.05) is 19.6 Å². The van der Waals surface area contributed by atoms with Crippen LogP contribution in [0.4, 0.5) is 5.69 Å². The average molecular weight is 388 g/mol. The van der Waals surface area contributed by atoms with E-state index in [1.165, 1.54) is 12.1 Å². The van der Waals surface area contributed by atoms with Crippen molar-refractivity contribution in [2.45, 2.75) is 25.8 Å². The van der Waals surface area contributed by atoms with Crippen LogP contribution in [-0.2, 0) is 0 Å². The second-order valence-electron chi connectivity index (χ2n) is 6.75. The minimum absolute atomic E-state index is 0.00398. The van der Waals surface area contributed by atoms with Gasteiger partial charge in [0.25, 0.3) is 11.6 Å². The lowest BCUT2D eigenvalue weighted by Gasteiger charge is -2.29. The Morgan fingerprint density at radius 3 is 2.59 bits per heavy atom. The number of likely N-dealkylation sites (tertiary alicyclic amines) is 1. The monoisotopic (exact) mass is 387 g/mol. The van der Waals surface area contributed by atoms with Crippen LogP contribution < -0.4 is 5.32 Å². The van der Waals surface area contributed by atoms with E-state index in [1.807, 2.05) is 24.3 Å². The fraction of sp³-hybridized carbons (Fsp3) is 0.350. The van der Waals surface area contributed by atoms with Crippen LogP contribution in [0.1, 0.15) is 40.4 Å². The second kappa shape index (κ2) is 8.50. The molecular formula is C20H22ClN3O3. The van der Waals surface area contributed by atoms with E-state index in [0.717, 1.165) is 31.5 Å². The Bertz CT molecular complexity index is 850. The highest BCUT2D eigenvalue weighted by molar-refractivity contribution is 6.31. The molecule has 0 radical (unpaired) electrons. The number of nitro groups is 1. The van der Waals surface area contributed by atoms with Crippen LogP contribution in [0.3, 0.4) is 0 Å². The van der Waals surface area contributed by atoms with Crippen LogP contribution in [0.2, 0.25) is 5.02 Å². The largest absolute Gasteiger partial charge is 0.350 e. The molecule has 1 saturated heterocycles. The predicted octanol–water partition coefficient (Wildman–Crippen LogP) is 4.12. The van der Waals surface area contributed by atoms with Crippen molar-refractivity contribution in [3.05, 3.63) is 74.3 Å². The summed E-state index contributed by atoms with van der Waals surface area (Å²) in [6.45, 7) is 4.01. The molecule has 1 fully saturated rings. The first-order valence-electron chi connectivity index (χ1n) is 8.99. The zero-order valence-electron chi connectivity index (χ0n) is 15.2. The zero-order chi connectivity index (χ0) is 19.4. The smallest absolute Gasteiger partial charge is 0.272 e. The molecule has 0 aromatic heterocycles. The number of hydrogen-bond acceptors (Lipinski definition) is 4. The topological polar surface area (TPSA) is 75.5 Å². The van der Waals surface area contributed by atoms with Crippen molar-refractivity contribution in [3.63, 3.8) is 0 Å². The molecule has 6 nitrogen and oxygen atoms in total. The van der Waals surface area contributed by atoms with Gasteiger partial charge in [-0.3, -0.25) is 19.8 Å². The molecule has 2 aromatic carbocycles. The maximum absolute atomic E-state index is 12.6. The molecule has 2 aromatic rings. The van der Waals surface area contributed by atoms with Gasteiger partial charge in [-0.1, -0.05) is 29.8 Å². The van der Waals surface area contributed by atoms with Crippen molar-refractivity contribution in [3.8, 4) is 0 Å². The van der Waals surface area contributed by atoms with Crippen molar-refractivity contribution in [1.82, 2.24) is 10.2 Å². The van der Waals surface area contributed by atoms with Crippen LogP contribution >= 0.6 is 11.6 Å². The van der Waals surface area contributed by atoms with Crippen LogP contribution in [0.15, 0.2) is 42.5 Å². The first kappa shape index (κ1) is 19.3. The quantitative estimate of drug-likeness (QED) is 0.597. The fourth-order valence-corrected chi connectivity index (χ4v) is 3.79. The predicted molar refractivity (Wildman–Crippen MR) is 105 cm³/mol. The molecule has 0 bridgehead atoms. The summed E-state index contributed by atoms with van der Waals surface area (Å²) in [6.07, 6.45) is 2.27. The van der Waals surface area contributed by atoms with Crippen molar-refractivity contribution >= 4 is 23.2 Å².